The van der Waals surface area contributed by atoms with E-state index in [0.717, 1.165) is 5.56 Å². The Hall–Kier alpha value is -2.24. The molecule has 0 aliphatic heterocycles. The smallest absolute Gasteiger partial charge is 0.258 e. The zero-order chi connectivity index (χ0) is 18.2. The fraction of sp³-hybridized carbons (Fsp3) is 0.222. The molecular formula is C18H18Cl2N2O3. The molecule has 2 N–H and O–H groups in total. The van der Waals surface area contributed by atoms with Crippen molar-refractivity contribution >= 4 is 35.0 Å². The van der Waals surface area contributed by atoms with E-state index >= 15 is 0 Å². The third-order valence-electron chi connectivity index (χ3n) is 3.38. The molecule has 7 heteroatoms. The Kier molecular flexibility index (Phi) is 7.10. The molecule has 0 spiro atoms. The van der Waals surface area contributed by atoms with Gasteiger partial charge in [0, 0.05) is 5.02 Å². The van der Waals surface area contributed by atoms with Gasteiger partial charge in [0.15, 0.2) is 6.61 Å². The van der Waals surface area contributed by atoms with Crippen molar-refractivity contribution in [2.75, 3.05) is 13.2 Å². The number of carbonyl (C=O) groups is 2. The van der Waals surface area contributed by atoms with Crippen molar-refractivity contribution in [3.05, 3.63) is 64.1 Å². The van der Waals surface area contributed by atoms with Gasteiger partial charge in [0.25, 0.3) is 5.91 Å². The summed E-state index contributed by atoms with van der Waals surface area (Å²) in [6, 6.07) is 14.1. The summed E-state index contributed by atoms with van der Waals surface area (Å²) in [5.41, 5.74) is 0.989. The Labute approximate surface area is 156 Å². The van der Waals surface area contributed by atoms with Gasteiger partial charge in [-0.3, -0.25) is 9.59 Å². The van der Waals surface area contributed by atoms with Gasteiger partial charge in [-0.1, -0.05) is 53.5 Å². The Morgan fingerprint density at radius 1 is 1.08 bits per heavy atom. The molecule has 0 heterocycles. The average molecular weight is 381 g/mol. The second kappa shape index (κ2) is 9.30. The largest absolute Gasteiger partial charge is 0.482 e. The molecule has 2 aromatic rings. The second-order valence-corrected chi connectivity index (χ2v) is 6.18. The van der Waals surface area contributed by atoms with Crippen molar-refractivity contribution in [2.24, 2.45) is 0 Å². The van der Waals surface area contributed by atoms with Crippen molar-refractivity contribution in [3.63, 3.8) is 0 Å². The number of halogens is 2. The maximum atomic E-state index is 11.9. The first-order valence-corrected chi connectivity index (χ1v) is 8.40. The van der Waals surface area contributed by atoms with Crippen LogP contribution in [0.1, 0.15) is 18.5 Å². The molecule has 5 nitrogen and oxygen atoms in total. The van der Waals surface area contributed by atoms with Gasteiger partial charge in [0.2, 0.25) is 5.91 Å². The number of rotatable bonds is 7. The first-order valence-electron chi connectivity index (χ1n) is 7.64. The van der Waals surface area contributed by atoms with Gasteiger partial charge in [0.05, 0.1) is 17.6 Å². The predicted octanol–water partition coefficient (Wildman–Crippen LogP) is 3.37. The van der Waals surface area contributed by atoms with Gasteiger partial charge >= 0.3 is 0 Å². The Morgan fingerprint density at radius 2 is 1.80 bits per heavy atom. The SMILES string of the molecule is CC(NC(=O)CNC(=O)COc1ccc(Cl)cc1Cl)c1ccccc1. The third-order valence-corrected chi connectivity index (χ3v) is 3.91. The standard InChI is InChI=1S/C18H18Cl2N2O3/c1-12(13-5-3-2-4-6-13)22-17(23)10-21-18(24)11-25-16-8-7-14(19)9-15(16)20/h2-9,12H,10-11H2,1H3,(H,21,24)(H,22,23). The molecule has 2 amide bonds. The molecule has 0 bridgehead atoms. The highest BCUT2D eigenvalue weighted by Crippen LogP contribution is 2.27. The number of ether oxygens (including phenoxy) is 1. The van der Waals surface area contributed by atoms with E-state index < -0.39 is 5.91 Å². The highest BCUT2D eigenvalue weighted by atomic mass is 35.5. The molecular weight excluding hydrogens is 363 g/mol. The lowest BCUT2D eigenvalue weighted by atomic mass is 10.1. The van der Waals surface area contributed by atoms with Crippen LogP contribution in [0.15, 0.2) is 48.5 Å². The van der Waals surface area contributed by atoms with E-state index in [2.05, 4.69) is 10.6 Å². The predicted molar refractivity (Wildman–Crippen MR) is 98.0 cm³/mol. The summed E-state index contributed by atoms with van der Waals surface area (Å²) in [7, 11) is 0. The maximum Gasteiger partial charge on any atom is 0.258 e. The maximum absolute atomic E-state index is 11.9. The van der Waals surface area contributed by atoms with E-state index in [-0.39, 0.29) is 25.1 Å². The normalized spacial score (nSPS) is 11.5. The minimum absolute atomic E-state index is 0.131. The molecule has 0 saturated carbocycles. The number of amides is 2. The van der Waals surface area contributed by atoms with E-state index in [1.54, 1.807) is 12.1 Å². The summed E-state index contributed by atoms with van der Waals surface area (Å²) in [5.74, 6) is -0.355. The van der Waals surface area contributed by atoms with E-state index in [9.17, 15) is 9.59 Å². The van der Waals surface area contributed by atoms with E-state index in [0.29, 0.717) is 15.8 Å². The van der Waals surface area contributed by atoms with Crippen LogP contribution in [0, 0.1) is 0 Å². The number of benzene rings is 2. The van der Waals surface area contributed by atoms with Crippen LogP contribution >= 0.6 is 23.2 Å². The lowest BCUT2D eigenvalue weighted by Crippen LogP contribution is -2.39. The van der Waals surface area contributed by atoms with Crippen LogP contribution < -0.4 is 15.4 Å². The second-order valence-electron chi connectivity index (χ2n) is 5.34. The minimum Gasteiger partial charge on any atom is -0.482 e. The van der Waals surface area contributed by atoms with Crippen molar-refractivity contribution in [1.29, 1.82) is 0 Å². The molecule has 2 rings (SSSR count). The molecule has 132 valence electrons. The summed E-state index contributed by atoms with van der Waals surface area (Å²) in [6.07, 6.45) is 0. The lowest BCUT2D eigenvalue weighted by Gasteiger charge is -2.14. The van der Waals surface area contributed by atoms with Gasteiger partial charge in [-0.05, 0) is 30.7 Å². The summed E-state index contributed by atoms with van der Waals surface area (Å²) in [4.78, 5) is 23.7. The van der Waals surface area contributed by atoms with Crippen LogP contribution in [-0.2, 0) is 9.59 Å². The number of hydrogen-bond acceptors (Lipinski definition) is 3. The van der Waals surface area contributed by atoms with Crippen molar-refractivity contribution in [1.82, 2.24) is 10.6 Å². The monoisotopic (exact) mass is 380 g/mol. The van der Waals surface area contributed by atoms with E-state index in [4.69, 9.17) is 27.9 Å². The summed E-state index contributed by atoms with van der Waals surface area (Å²) < 4.78 is 5.30. The van der Waals surface area contributed by atoms with Crippen LogP contribution in [0.2, 0.25) is 10.0 Å². The summed E-state index contributed by atoms with van der Waals surface area (Å²) in [5, 5.41) is 6.10. The molecule has 0 radical (unpaired) electrons. The molecule has 1 atom stereocenters. The van der Waals surface area contributed by atoms with Crippen LogP contribution in [0.5, 0.6) is 5.75 Å². The van der Waals surface area contributed by atoms with Crippen molar-refractivity contribution in [3.8, 4) is 5.75 Å². The molecule has 0 fully saturated rings. The topological polar surface area (TPSA) is 67.4 Å². The molecule has 2 aromatic carbocycles. The summed E-state index contributed by atoms with van der Waals surface area (Å²) >= 11 is 11.7. The van der Waals surface area contributed by atoms with Gasteiger partial charge in [-0.25, -0.2) is 0 Å². The van der Waals surface area contributed by atoms with Crippen LogP contribution in [0.3, 0.4) is 0 Å². The van der Waals surface area contributed by atoms with Crippen LogP contribution in [0.25, 0.3) is 0 Å². The number of carbonyl (C=O) groups excluding carboxylic acids is 2. The van der Waals surface area contributed by atoms with Crippen LogP contribution in [0.4, 0.5) is 0 Å². The highest BCUT2D eigenvalue weighted by Gasteiger charge is 2.11. The van der Waals surface area contributed by atoms with Crippen molar-refractivity contribution < 1.29 is 14.3 Å². The Morgan fingerprint density at radius 3 is 2.48 bits per heavy atom. The van der Waals surface area contributed by atoms with Crippen LogP contribution in [-0.4, -0.2) is 25.0 Å². The Bertz CT molecular complexity index is 738. The Balaban J connectivity index is 1.73. The van der Waals surface area contributed by atoms with Gasteiger partial charge < -0.3 is 15.4 Å². The lowest BCUT2D eigenvalue weighted by molar-refractivity contribution is -0.127. The molecule has 0 aliphatic rings. The fourth-order valence-electron chi connectivity index (χ4n) is 2.08. The average Bonchev–Trinajstić information content (AvgIpc) is 2.60. The van der Waals surface area contributed by atoms with Gasteiger partial charge in [-0.15, -0.1) is 0 Å². The zero-order valence-corrected chi connectivity index (χ0v) is 15.1. The molecule has 25 heavy (non-hydrogen) atoms. The zero-order valence-electron chi connectivity index (χ0n) is 13.6. The molecule has 1 unspecified atom stereocenters. The number of nitrogens with one attached hydrogen (secondary N) is 2. The first kappa shape index (κ1) is 19.1. The molecule has 0 aliphatic carbocycles. The fourth-order valence-corrected chi connectivity index (χ4v) is 2.55. The molecule has 0 aromatic heterocycles. The van der Waals surface area contributed by atoms with E-state index in [1.165, 1.54) is 6.07 Å². The van der Waals surface area contributed by atoms with Crippen molar-refractivity contribution in [2.45, 2.75) is 13.0 Å². The van der Waals surface area contributed by atoms with Gasteiger partial charge in [-0.2, -0.15) is 0 Å². The van der Waals surface area contributed by atoms with Gasteiger partial charge in [0.1, 0.15) is 5.75 Å². The summed E-state index contributed by atoms with van der Waals surface area (Å²) in [6.45, 7) is 1.50. The number of hydrogen-bond donors (Lipinski definition) is 2. The first-order chi connectivity index (χ1) is 12.0. The highest BCUT2D eigenvalue weighted by molar-refractivity contribution is 6.35. The molecule has 0 saturated heterocycles. The third kappa shape index (κ3) is 6.29. The quantitative estimate of drug-likeness (QED) is 0.773. The van der Waals surface area contributed by atoms with E-state index in [1.807, 2.05) is 37.3 Å². The minimum atomic E-state index is -0.423.